The van der Waals surface area contributed by atoms with E-state index < -0.39 is 0 Å². The maximum Gasteiger partial charge on any atom is 0.261 e. The molecule has 6 heteroatoms. The monoisotopic (exact) mass is 286 g/mol. The van der Waals surface area contributed by atoms with E-state index >= 15 is 0 Å². The van der Waals surface area contributed by atoms with Crippen LogP contribution in [0.15, 0.2) is 41.2 Å². The van der Waals surface area contributed by atoms with Gasteiger partial charge in [-0.1, -0.05) is 28.9 Å². The highest BCUT2D eigenvalue weighted by Crippen LogP contribution is 2.38. The molecule has 2 heterocycles. The molecular weight excluding hydrogens is 276 g/mol. The zero-order chi connectivity index (χ0) is 13.5. The lowest BCUT2D eigenvalue weighted by Gasteiger charge is -2.02. The SMILES string of the molecule is Clc1ccccc1-n1cc(-c2nc(C3CC3)no2)cn1. The van der Waals surface area contributed by atoms with Gasteiger partial charge in [0.15, 0.2) is 5.82 Å². The summed E-state index contributed by atoms with van der Waals surface area (Å²) in [5, 5.41) is 8.95. The number of benzene rings is 1. The van der Waals surface area contributed by atoms with Crippen LogP contribution in [0.1, 0.15) is 24.6 Å². The Kier molecular flexibility index (Phi) is 2.60. The van der Waals surface area contributed by atoms with Gasteiger partial charge in [0, 0.05) is 12.1 Å². The van der Waals surface area contributed by atoms with Gasteiger partial charge in [0.2, 0.25) is 0 Å². The van der Waals surface area contributed by atoms with Crippen LogP contribution in [0.5, 0.6) is 0 Å². The lowest BCUT2D eigenvalue weighted by molar-refractivity contribution is 0.422. The van der Waals surface area contributed by atoms with Crippen molar-refractivity contribution in [2.45, 2.75) is 18.8 Å². The smallest absolute Gasteiger partial charge is 0.261 e. The molecule has 0 spiro atoms. The van der Waals surface area contributed by atoms with Crippen LogP contribution in [0.25, 0.3) is 17.1 Å². The maximum absolute atomic E-state index is 6.16. The van der Waals surface area contributed by atoms with Gasteiger partial charge >= 0.3 is 0 Å². The molecule has 0 bridgehead atoms. The van der Waals surface area contributed by atoms with Gasteiger partial charge in [0.1, 0.15) is 0 Å². The minimum absolute atomic E-state index is 0.478. The fourth-order valence-corrected chi connectivity index (χ4v) is 2.28. The molecule has 0 radical (unpaired) electrons. The van der Waals surface area contributed by atoms with Crippen LogP contribution in [0.3, 0.4) is 0 Å². The van der Waals surface area contributed by atoms with Gasteiger partial charge in [-0.05, 0) is 25.0 Å². The van der Waals surface area contributed by atoms with Crippen LogP contribution in [0.4, 0.5) is 0 Å². The molecule has 0 saturated heterocycles. The van der Waals surface area contributed by atoms with Crippen molar-refractivity contribution in [1.29, 1.82) is 0 Å². The Morgan fingerprint density at radius 1 is 1.25 bits per heavy atom. The van der Waals surface area contributed by atoms with Crippen molar-refractivity contribution in [3.63, 3.8) is 0 Å². The number of halogens is 1. The summed E-state index contributed by atoms with van der Waals surface area (Å²) in [6.07, 6.45) is 5.84. The fraction of sp³-hybridized carbons (Fsp3) is 0.214. The average Bonchev–Trinajstić information content (AvgIpc) is 3.01. The van der Waals surface area contributed by atoms with Gasteiger partial charge in [-0.25, -0.2) is 4.68 Å². The Morgan fingerprint density at radius 2 is 2.10 bits per heavy atom. The van der Waals surface area contributed by atoms with Gasteiger partial charge in [-0.15, -0.1) is 0 Å². The summed E-state index contributed by atoms with van der Waals surface area (Å²) in [4.78, 5) is 4.41. The molecule has 0 unspecified atom stereocenters. The number of hydrogen-bond acceptors (Lipinski definition) is 4. The molecule has 1 saturated carbocycles. The minimum atomic E-state index is 0.478. The molecule has 0 amide bonds. The Hall–Kier alpha value is -2.14. The molecule has 1 aliphatic rings. The van der Waals surface area contributed by atoms with Crippen LogP contribution < -0.4 is 0 Å². The Labute approximate surface area is 120 Å². The second-order valence-electron chi connectivity index (χ2n) is 4.86. The normalized spacial score (nSPS) is 14.7. The predicted molar refractivity (Wildman–Crippen MR) is 73.8 cm³/mol. The Morgan fingerprint density at radius 3 is 2.90 bits per heavy atom. The molecule has 4 rings (SSSR count). The van der Waals surface area contributed by atoms with E-state index in [4.69, 9.17) is 16.1 Å². The van der Waals surface area contributed by atoms with E-state index in [0.717, 1.165) is 29.9 Å². The third-order valence-corrected chi connectivity index (χ3v) is 3.63. The van der Waals surface area contributed by atoms with Gasteiger partial charge in [-0.3, -0.25) is 0 Å². The van der Waals surface area contributed by atoms with Crippen LogP contribution in [0.2, 0.25) is 5.02 Å². The number of aromatic nitrogens is 4. The van der Waals surface area contributed by atoms with Gasteiger partial charge in [0.25, 0.3) is 5.89 Å². The molecular formula is C14H11ClN4O. The molecule has 2 aromatic heterocycles. The van der Waals surface area contributed by atoms with E-state index in [1.54, 1.807) is 10.9 Å². The third kappa shape index (κ3) is 2.00. The first-order valence-corrected chi connectivity index (χ1v) is 6.82. The molecule has 1 aliphatic carbocycles. The first-order chi connectivity index (χ1) is 9.81. The topological polar surface area (TPSA) is 56.7 Å². The lowest BCUT2D eigenvalue weighted by atomic mass is 10.3. The first kappa shape index (κ1) is 11.7. The van der Waals surface area contributed by atoms with E-state index in [1.807, 2.05) is 30.5 Å². The number of rotatable bonds is 3. The highest BCUT2D eigenvalue weighted by atomic mass is 35.5. The minimum Gasteiger partial charge on any atom is -0.334 e. The van der Waals surface area contributed by atoms with E-state index in [2.05, 4.69) is 15.2 Å². The second kappa shape index (κ2) is 4.45. The van der Waals surface area contributed by atoms with Crippen LogP contribution >= 0.6 is 11.6 Å². The van der Waals surface area contributed by atoms with Crippen LogP contribution in [-0.4, -0.2) is 19.9 Å². The van der Waals surface area contributed by atoms with E-state index in [-0.39, 0.29) is 0 Å². The largest absolute Gasteiger partial charge is 0.334 e. The predicted octanol–water partition coefficient (Wildman–Crippen LogP) is 3.45. The molecule has 0 aliphatic heterocycles. The van der Waals surface area contributed by atoms with E-state index in [9.17, 15) is 0 Å². The number of para-hydroxylation sites is 1. The molecule has 1 fully saturated rings. The summed E-state index contributed by atoms with van der Waals surface area (Å²) in [6, 6.07) is 7.54. The summed E-state index contributed by atoms with van der Waals surface area (Å²) >= 11 is 6.16. The molecule has 100 valence electrons. The average molecular weight is 287 g/mol. The molecule has 1 aromatic carbocycles. The van der Waals surface area contributed by atoms with Crippen molar-refractivity contribution >= 4 is 11.6 Å². The van der Waals surface area contributed by atoms with Crippen LogP contribution in [-0.2, 0) is 0 Å². The lowest BCUT2D eigenvalue weighted by Crippen LogP contribution is -1.94. The summed E-state index contributed by atoms with van der Waals surface area (Å²) in [5.74, 6) is 1.78. The van der Waals surface area contributed by atoms with Gasteiger partial charge in [-0.2, -0.15) is 10.1 Å². The van der Waals surface area contributed by atoms with E-state index in [1.165, 1.54) is 0 Å². The fourth-order valence-electron chi connectivity index (χ4n) is 2.06. The number of hydrogen-bond donors (Lipinski definition) is 0. The molecule has 3 aromatic rings. The summed E-state index contributed by atoms with van der Waals surface area (Å²) < 4.78 is 6.99. The standard InChI is InChI=1S/C14H11ClN4O/c15-11-3-1-2-4-12(11)19-8-10(7-16-19)14-17-13(18-20-14)9-5-6-9/h1-4,7-9H,5-6H2. The highest BCUT2D eigenvalue weighted by molar-refractivity contribution is 6.32. The maximum atomic E-state index is 6.16. The van der Waals surface area contributed by atoms with Gasteiger partial charge < -0.3 is 4.52 Å². The highest BCUT2D eigenvalue weighted by Gasteiger charge is 2.29. The Bertz CT molecular complexity index is 760. The second-order valence-corrected chi connectivity index (χ2v) is 5.26. The first-order valence-electron chi connectivity index (χ1n) is 6.45. The van der Waals surface area contributed by atoms with Crippen LogP contribution in [0, 0.1) is 0 Å². The Balaban J connectivity index is 1.68. The zero-order valence-corrected chi connectivity index (χ0v) is 11.3. The molecule has 5 nitrogen and oxygen atoms in total. The van der Waals surface area contributed by atoms with Crippen molar-refractivity contribution < 1.29 is 4.52 Å². The van der Waals surface area contributed by atoms with E-state index in [0.29, 0.717) is 16.8 Å². The summed E-state index contributed by atoms with van der Waals surface area (Å²) in [6.45, 7) is 0. The van der Waals surface area contributed by atoms with Crippen molar-refractivity contribution in [3.05, 3.63) is 47.5 Å². The summed E-state index contributed by atoms with van der Waals surface area (Å²) in [7, 11) is 0. The molecule has 0 N–H and O–H groups in total. The molecule has 20 heavy (non-hydrogen) atoms. The van der Waals surface area contributed by atoms with Crippen molar-refractivity contribution in [2.24, 2.45) is 0 Å². The molecule has 0 atom stereocenters. The van der Waals surface area contributed by atoms with Crippen molar-refractivity contribution in [1.82, 2.24) is 19.9 Å². The number of nitrogens with zero attached hydrogens (tertiary/aromatic N) is 4. The van der Waals surface area contributed by atoms with Crippen molar-refractivity contribution in [2.75, 3.05) is 0 Å². The van der Waals surface area contributed by atoms with Gasteiger partial charge in [0.05, 0.1) is 22.5 Å². The third-order valence-electron chi connectivity index (χ3n) is 3.31. The summed E-state index contributed by atoms with van der Waals surface area (Å²) in [5.41, 5.74) is 1.62. The zero-order valence-electron chi connectivity index (χ0n) is 10.5. The quantitative estimate of drug-likeness (QED) is 0.740. The van der Waals surface area contributed by atoms with Crippen molar-refractivity contribution in [3.8, 4) is 17.1 Å².